The third kappa shape index (κ3) is 4.95. The quantitative estimate of drug-likeness (QED) is 0.489. The molecule has 0 bridgehead atoms. The molecule has 0 aromatic carbocycles. The molecule has 0 amide bonds. The third-order valence-corrected chi connectivity index (χ3v) is 3.99. The van der Waals surface area contributed by atoms with Crippen molar-refractivity contribution in [2.75, 3.05) is 0 Å². The molecule has 152 valence electrons. The van der Waals surface area contributed by atoms with E-state index in [1.165, 1.54) is 13.8 Å². The molecule has 0 aromatic rings. The van der Waals surface area contributed by atoms with Gasteiger partial charge in [0.15, 0.2) is 30.2 Å². The van der Waals surface area contributed by atoms with E-state index < -0.39 is 66.3 Å². The zero-order chi connectivity index (χ0) is 20.5. The maximum atomic E-state index is 11.6. The Morgan fingerprint density at radius 3 is 1.11 bits per heavy atom. The molecule has 6 atom stereocenters. The fourth-order valence-electron chi connectivity index (χ4n) is 3.38. The minimum atomic E-state index is -1.25. The van der Waals surface area contributed by atoms with Crippen molar-refractivity contribution in [2.45, 2.75) is 84.0 Å². The van der Waals surface area contributed by atoms with Crippen LogP contribution in [0.4, 0.5) is 0 Å². The van der Waals surface area contributed by atoms with Crippen LogP contribution in [-0.4, -0.2) is 66.3 Å². The average molecular weight is 388 g/mol. The molecule has 2 rings (SSSR count). The molecule has 0 aromatic heterocycles. The Morgan fingerprint density at radius 1 is 0.593 bits per heavy atom. The van der Waals surface area contributed by atoms with Crippen LogP contribution < -0.4 is 0 Å². The highest BCUT2D eigenvalue weighted by Crippen LogP contribution is 2.41. The van der Waals surface area contributed by atoms with E-state index in [0.717, 1.165) is 13.8 Å². The number of fused-ring (bicyclic) bond motifs is 1. The molecular weight excluding hydrogens is 364 g/mol. The number of hydrogen-bond donors (Lipinski definition) is 0. The molecule has 5 unspecified atom stereocenters. The number of rotatable bonds is 4. The topological polar surface area (TPSA) is 124 Å². The molecule has 10 nitrogen and oxygen atoms in total. The van der Waals surface area contributed by atoms with Crippen LogP contribution in [0.5, 0.6) is 0 Å². The number of esters is 4. The van der Waals surface area contributed by atoms with E-state index in [1.807, 2.05) is 0 Å². The molecule has 0 spiro atoms. The molecule has 1 aliphatic heterocycles. The fraction of sp³-hybridized carbons (Fsp3) is 0.765. The molecule has 27 heavy (non-hydrogen) atoms. The molecule has 1 saturated carbocycles. The molecule has 1 heterocycles. The summed E-state index contributed by atoms with van der Waals surface area (Å²) in [6.07, 6.45) is -6.59. The second-order valence-corrected chi connectivity index (χ2v) is 6.86. The van der Waals surface area contributed by atoms with Gasteiger partial charge < -0.3 is 28.4 Å². The van der Waals surface area contributed by atoms with Crippen LogP contribution in [0.15, 0.2) is 0 Å². The third-order valence-electron chi connectivity index (χ3n) is 3.99. The first kappa shape index (κ1) is 21.1. The number of carbonyl (C=O) groups is 4. The standard InChI is InChI=1S/C17H24O10/c1-7(18)22-11-12(23-8(2)19)14(25-10(4)21)16-15(13(11)24-9(3)20)26-17(5,6)27-16/h11-16H,1-6H3/t11?,12?,13-,14?,15?,16?/m0/s1. The number of carbonyl (C=O) groups excluding carboxylic acids is 4. The highest BCUT2D eigenvalue weighted by Gasteiger charge is 2.63. The van der Waals surface area contributed by atoms with Crippen LogP contribution in [-0.2, 0) is 47.6 Å². The molecular formula is C17H24O10. The van der Waals surface area contributed by atoms with Crippen LogP contribution in [0.25, 0.3) is 0 Å². The van der Waals surface area contributed by atoms with Crippen molar-refractivity contribution in [3.63, 3.8) is 0 Å². The predicted octanol–water partition coefficient (Wildman–Crippen LogP) is 0.247. The van der Waals surface area contributed by atoms with E-state index in [-0.39, 0.29) is 0 Å². The van der Waals surface area contributed by atoms with E-state index in [4.69, 9.17) is 28.4 Å². The van der Waals surface area contributed by atoms with Crippen molar-refractivity contribution in [3.8, 4) is 0 Å². The average Bonchev–Trinajstić information content (AvgIpc) is 2.80. The zero-order valence-corrected chi connectivity index (χ0v) is 16.0. The number of ether oxygens (including phenoxy) is 6. The van der Waals surface area contributed by atoms with Crippen LogP contribution in [0.3, 0.4) is 0 Å². The maximum absolute atomic E-state index is 11.6. The Balaban J connectivity index is 2.52. The van der Waals surface area contributed by atoms with Crippen LogP contribution >= 0.6 is 0 Å². The molecule has 2 fully saturated rings. The predicted molar refractivity (Wildman–Crippen MR) is 86.0 cm³/mol. The van der Waals surface area contributed by atoms with Gasteiger partial charge in [0.25, 0.3) is 0 Å². The summed E-state index contributed by atoms with van der Waals surface area (Å²) in [7, 11) is 0. The van der Waals surface area contributed by atoms with Gasteiger partial charge in [-0.1, -0.05) is 0 Å². The van der Waals surface area contributed by atoms with E-state index in [2.05, 4.69) is 0 Å². The highest BCUT2D eigenvalue weighted by atomic mass is 16.8. The number of hydrogen-bond acceptors (Lipinski definition) is 10. The molecule has 1 aliphatic carbocycles. The lowest BCUT2D eigenvalue weighted by atomic mass is 9.84. The summed E-state index contributed by atoms with van der Waals surface area (Å²) in [4.78, 5) is 46.5. The summed E-state index contributed by atoms with van der Waals surface area (Å²) in [6, 6.07) is 0. The smallest absolute Gasteiger partial charge is 0.303 e. The second kappa shape index (κ2) is 7.81. The van der Waals surface area contributed by atoms with Gasteiger partial charge in [-0.15, -0.1) is 0 Å². The molecule has 2 aliphatic rings. The van der Waals surface area contributed by atoms with Crippen LogP contribution in [0.1, 0.15) is 41.5 Å². The first-order valence-corrected chi connectivity index (χ1v) is 8.46. The zero-order valence-electron chi connectivity index (χ0n) is 16.0. The van der Waals surface area contributed by atoms with E-state index >= 15 is 0 Å². The second-order valence-electron chi connectivity index (χ2n) is 6.86. The minimum Gasteiger partial charge on any atom is -0.456 e. The Kier molecular flexibility index (Phi) is 6.10. The van der Waals surface area contributed by atoms with E-state index in [1.54, 1.807) is 13.8 Å². The van der Waals surface area contributed by atoms with Crippen molar-refractivity contribution < 1.29 is 47.6 Å². The molecule has 1 saturated heterocycles. The van der Waals surface area contributed by atoms with Crippen LogP contribution in [0.2, 0.25) is 0 Å². The van der Waals surface area contributed by atoms with Crippen molar-refractivity contribution in [1.82, 2.24) is 0 Å². The maximum Gasteiger partial charge on any atom is 0.303 e. The van der Waals surface area contributed by atoms with Crippen molar-refractivity contribution in [1.29, 1.82) is 0 Å². The van der Waals surface area contributed by atoms with Gasteiger partial charge >= 0.3 is 23.9 Å². The molecule has 0 N–H and O–H groups in total. The lowest BCUT2D eigenvalue weighted by molar-refractivity contribution is -0.234. The summed E-state index contributed by atoms with van der Waals surface area (Å²) in [6.45, 7) is 7.92. The lowest BCUT2D eigenvalue weighted by Gasteiger charge is -2.44. The molecule has 0 radical (unpaired) electrons. The van der Waals surface area contributed by atoms with Gasteiger partial charge in [-0.05, 0) is 13.8 Å². The summed E-state index contributed by atoms with van der Waals surface area (Å²) >= 11 is 0. The Hall–Kier alpha value is -2.20. The van der Waals surface area contributed by atoms with Gasteiger partial charge in [-0.2, -0.15) is 0 Å². The summed E-state index contributed by atoms with van der Waals surface area (Å²) < 4.78 is 32.9. The van der Waals surface area contributed by atoms with Crippen molar-refractivity contribution in [2.24, 2.45) is 0 Å². The first-order valence-electron chi connectivity index (χ1n) is 8.46. The summed E-state index contributed by atoms with van der Waals surface area (Å²) in [5, 5.41) is 0. The molecule has 10 heteroatoms. The first-order chi connectivity index (χ1) is 12.4. The minimum absolute atomic E-state index is 0.656. The summed E-state index contributed by atoms with van der Waals surface area (Å²) in [5.41, 5.74) is 0. The van der Waals surface area contributed by atoms with Crippen molar-refractivity contribution in [3.05, 3.63) is 0 Å². The largest absolute Gasteiger partial charge is 0.456 e. The highest BCUT2D eigenvalue weighted by molar-refractivity contribution is 5.69. The lowest BCUT2D eigenvalue weighted by Crippen LogP contribution is -2.66. The summed E-state index contributed by atoms with van der Waals surface area (Å²) in [5.74, 6) is -3.81. The Morgan fingerprint density at radius 2 is 0.852 bits per heavy atom. The van der Waals surface area contributed by atoms with Gasteiger partial charge in [-0.3, -0.25) is 19.2 Å². The van der Waals surface area contributed by atoms with E-state index in [0.29, 0.717) is 0 Å². The van der Waals surface area contributed by atoms with Gasteiger partial charge in [0.1, 0.15) is 12.2 Å². The normalized spacial score (nSPS) is 34.1. The Labute approximate surface area is 156 Å². The monoisotopic (exact) mass is 388 g/mol. The van der Waals surface area contributed by atoms with Gasteiger partial charge in [0, 0.05) is 27.7 Å². The van der Waals surface area contributed by atoms with E-state index in [9.17, 15) is 19.2 Å². The van der Waals surface area contributed by atoms with Gasteiger partial charge in [0.2, 0.25) is 0 Å². The van der Waals surface area contributed by atoms with Gasteiger partial charge in [0.05, 0.1) is 0 Å². The fourth-order valence-corrected chi connectivity index (χ4v) is 3.38. The van der Waals surface area contributed by atoms with Gasteiger partial charge in [-0.25, -0.2) is 0 Å². The SMILES string of the molecule is CC(=O)OC1C(OC(C)=O)C(OC(C)=O)[C@H](OC(C)=O)C2OC(C)(C)OC12. The Bertz CT molecular complexity index is 575. The van der Waals surface area contributed by atoms with Crippen molar-refractivity contribution >= 4 is 23.9 Å². The van der Waals surface area contributed by atoms with Crippen LogP contribution in [0, 0.1) is 0 Å².